The molecule has 1 N–H and O–H groups in total. The normalized spacial score (nSPS) is 24.3. The van der Waals surface area contributed by atoms with Crippen LogP contribution in [0.3, 0.4) is 0 Å². The molecule has 0 amide bonds. The van der Waals surface area contributed by atoms with Gasteiger partial charge in [0.15, 0.2) is 0 Å². The lowest BCUT2D eigenvalue weighted by Gasteiger charge is -2.25. The molecule has 0 aromatic heterocycles. The van der Waals surface area contributed by atoms with Crippen LogP contribution < -0.4 is 4.72 Å². The van der Waals surface area contributed by atoms with Crippen molar-refractivity contribution in [3.05, 3.63) is 29.8 Å². The molecule has 19 heavy (non-hydrogen) atoms. The Bertz CT molecular complexity index is 522. The molecular weight excluding hydrogens is 326 g/mol. The van der Waals surface area contributed by atoms with Crippen molar-refractivity contribution in [1.29, 1.82) is 0 Å². The second kappa shape index (κ2) is 6.37. The number of nitrogens with one attached hydrogen (secondary N) is 1. The first-order chi connectivity index (χ1) is 8.97. The molecule has 0 saturated heterocycles. The first-order valence-corrected chi connectivity index (χ1v) is 9.07. The van der Waals surface area contributed by atoms with Gasteiger partial charge in [-0.3, -0.25) is 0 Å². The number of hydrogen-bond donors (Lipinski definition) is 1. The van der Waals surface area contributed by atoms with Gasteiger partial charge in [0, 0.05) is 11.4 Å². The van der Waals surface area contributed by atoms with E-state index < -0.39 is 10.0 Å². The van der Waals surface area contributed by atoms with Crippen LogP contribution in [0.5, 0.6) is 0 Å². The van der Waals surface area contributed by atoms with Crippen LogP contribution in [0.1, 0.15) is 31.2 Å². The summed E-state index contributed by atoms with van der Waals surface area (Å²) in [5.41, 5.74) is 0.961. The van der Waals surface area contributed by atoms with Crippen LogP contribution in [0.4, 0.5) is 0 Å². The second-order valence-corrected chi connectivity index (χ2v) is 8.35. The Morgan fingerprint density at radius 2 is 1.95 bits per heavy atom. The Hall–Kier alpha value is -0.390. The van der Waals surface area contributed by atoms with Gasteiger partial charge in [-0.1, -0.05) is 28.1 Å². The number of hydrogen-bond acceptors (Lipinski definition) is 2. The van der Waals surface area contributed by atoms with Crippen molar-refractivity contribution in [1.82, 2.24) is 4.72 Å². The molecule has 1 saturated carbocycles. The van der Waals surface area contributed by atoms with E-state index in [-0.39, 0.29) is 0 Å². The first-order valence-electron chi connectivity index (χ1n) is 6.68. The van der Waals surface area contributed by atoms with E-state index in [1.54, 1.807) is 18.2 Å². The molecule has 0 aliphatic heterocycles. The molecule has 1 aromatic rings. The van der Waals surface area contributed by atoms with Crippen molar-refractivity contribution in [3.63, 3.8) is 0 Å². The average Bonchev–Trinajstić information content (AvgIpc) is 2.38. The summed E-state index contributed by atoms with van der Waals surface area (Å²) in [5, 5.41) is 0. The number of benzene rings is 1. The van der Waals surface area contributed by atoms with E-state index in [1.165, 1.54) is 0 Å². The number of alkyl halides is 1. The van der Waals surface area contributed by atoms with E-state index in [9.17, 15) is 8.42 Å². The summed E-state index contributed by atoms with van der Waals surface area (Å²) in [6, 6.07) is 7.03. The standard InChI is InChI=1S/C14H20BrNO2S/c1-11-3-2-4-14(9-11)19(17,18)16-10-12-5-7-13(15)8-6-12/h2-4,9,12-13,16H,5-8,10H2,1H3. The lowest BCUT2D eigenvalue weighted by Crippen LogP contribution is -2.31. The van der Waals surface area contributed by atoms with Gasteiger partial charge < -0.3 is 0 Å². The van der Waals surface area contributed by atoms with Gasteiger partial charge in [-0.2, -0.15) is 0 Å². The minimum Gasteiger partial charge on any atom is -0.211 e. The summed E-state index contributed by atoms with van der Waals surface area (Å²) in [6.07, 6.45) is 4.45. The lowest BCUT2D eigenvalue weighted by atomic mass is 9.89. The van der Waals surface area contributed by atoms with E-state index in [1.807, 2.05) is 13.0 Å². The van der Waals surface area contributed by atoms with Crippen molar-refractivity contribution in [2.45, 2.75) is 42.3 Å². The number of sulfonamides is 1. The quantitative estimate of drug-likeness (QED) is 0.851. The topological polar surface area (TPSA) is 46.2 Å². The van der Waals surface area contributed by atoms with Gasteiger partial charge in [0.2, 0.25) is 10.0 Å². The molecule has 5 heteroatoms. The second-order valence-electron chi connectivity index (χ2n) is 5.29. The van der Waals surface area contributed by atoms with E-state index in [2.05, 4.69) is 20.7 Å². The zero-order valence-electron chi connectivity index (χ0n) is 11.1. The third kappa shape index (κ3) is 4.29. The van der Waals surface area contributed by atoms with Crippen LogP contribution in [-0.4, -0.2) is 19.8 Å². The van der Waals surface area contributed by atoms with E-state index in [0.717, 1.165) is 31.2 Å². The minimum atomic E-state index is -3.36. The zero-order chi connectivity index (χ0) is 13.9. The Balaban J connectivity index is 1.95. The highest BCUT2D eigenvalue weighted by molar-refractivity contribution is 9.09. The largest absolute Gasteiger partial charge is 0.240 e. The van der Waals surface area contributed by atoms with Gasteiger partial charge >= 0.3 is 0 Å². The van der Waals surface area contributed by atoms with Crippen LogP contribution in [-0.2, 0) is 10.0 Å². The fourth-order valence-corrected chi connectivity index (χ4v) is 4.17. The fourth-order valence-electron chi connectivity index (χ4n) is 2.42. The lowest BCUT2D eigenvalue weighted by molar-refractivity contribution is 0.366. The SMILES string of the molecule is Cc1cccc(S(=O)(=O)NCC2CCC(Br)CC2)c1. The smallest absolute Gasteiger partial charge is 0.211 e. The number of rotatable bonds is 4. The molecule has 0 atom stereocenters. The van der Waals surface area contributed by atoms with Gasteiger partial charge in [-0.15, -0.1) is 0 Å². The fraction of sp³-hybridized carbons (Fsp3) is 0.571. The molecule has 0 bridgehead atoms. The molecule has 0 spiro atoms. The van der Waals surface area contributed by atoms with Crippen LogP contribution >= 0.6 is 15.9 Å². The third-order valence-electron chi connectivity index (χ3n) is 3.64. The molecule has 1 aromatic carbocycles. The monoisotopic (exact) mass is 345 g/mol. The molecule has 0 heterocycles. The first kappa shape index (κ1) is 15.0. The van der Waals surface area contributed by atoms with E-state index >= 15 is 0 Å². The van der Waals surface area contributed by atoms with Crippen molar-refractivity contribution >= 4 is 26.0 Å². The molecule has 0 radical (unpaired) electrons. The number of aryl methyl sites for hydroxylation is 1. The summed E-state index contributed by atoms with van der Waals surface area (Å²) in [5.74, 6) is 0.466. The molecule has 2 rings (SSSR count). The maximum absolute atomic E-state index is 12.2. The van der Waals surface area contributed by atoms with Crippen molar-refractivity contribution in [3.8, 4) is 0 Å². The van der Waals surface area contributed by atoms with E-state index in [4.69, 9.17) is 0 Å². The summed E-state index contributed by atoms with van der Waals surface area (Å²) in [4.78, 5) is 0.971. The Kier molecular flexibility index (Phi) is 5.03. The summed E-state index contributed by atoms with van der Waals surface area (Å²) in [7, 11) is -3.36. The average molecular weight is 346 g/mol. The summed E-state index contributed by atoms with van der Waals surface area (Å²) in [6.45, 7) is 2.45. The predicted octanol–water partition coefficient (Wildman–Crippen LogP) is 3.23. The molecular formula is C14H20BrNO2S. The highest BCUT2D eigenvalue weighted by Gasteiger charge is 2.21. The van der Waals surface area contributed by atoms with Gasteiger partial charge in [0.25, 0.3) is 0 Å². The summed E-state index contributed by atoms with van der Waals surface area (Å²) < 4.78 is 27.1. The molecule has 1 fully saturated rings. The van der Waals surface area contributed by atoms with Crippen molar-refractivity contribution in [2.75, 3.05) is 6.54 Å². The summed E-state index contributed by atoms with van der Waals surface area (Å²) >= 11 is 3.61. The van der Waals surface area contributed by atoms with Crippen LogP contribution in [0, 0.1) is 12.8 Å². The van der Waals surface area contributed by atoms with Gasteiger partial charge in [-0.25, -0.2) is 13.1 Å². The highest BCUT2D eigenvalue weighted by atomic mass is 79.9. The van der Waals surface area contributed by atoms with Gasteiger partial charge in [-0.05, 0) is 56.2 Å². The minimum absolute atomic E-state index is 0.363. The van der Waals surface area contributed by atoms with Crippen LogP contribution in [0.2, 0.25) is 0 Å². The Labute approximate surface area is 124 Å². The predicted molar refractivity (Wildman–Crippen MR) is 81.0 cm³/mol. The molecule has 1 aliphatic carbocycles. The Morgan fingerprint density at radius 3 is 2.58 bits per heavy atom. The zero-order valence-corrected chi connectivity index (χ0v) is 13.5. The molecule has 3 nitrogen and oxygen atoms in total. The third-order valence-corrected chi connectivity index (χ3v) is 5.98. The van der Waals surface area contributed by atoms with Crippen molar-refractivity contribution < 1.29 is 8.42 Å². The molecule has 1 aliphatic rings. The van der Waals surface area contributed by atoms with Gasteiger partial charge in [0.1, 0.15) is 0 Å². The maximum atomic E-state index is 12.2. The molecule has 106 valence electrons. The molecule has 0 unspecified atom stereocenters. The van der Waals surface area contributed by atoms with E-state index in [0.29, 0.717) is 22.2 Å². The van der Waals surface area contributed by atoms with Crippen LogP contribution in [0.15, 0.2) is 29.2 Å². The maximum Gasteiger partial charge on any atom is 0.240 e. The van der Waals surface area contributed by atoms with Gasteiger partial charge in [0.05, 0.1) is 4.90 Å². The van der Waals surface area contributed by atoms with Crippen LogP contribution in [0.25, 0.3) is 0 Å². The highest BCUT2D eigenvalue weighted by Crippen LogP contribution is 2.28. The number of halogens is 1. The van der Waals surface area contributed by atoms with Crippen molar-refractivity contribution in [2.24, 2.45) is 5.92 Å². The Morgan fingerprint density at radius 1 is 1.26 bits per heavy atom.